The molecule has 2 heteroatoms. The highest BCUT2D eigenvalue weighted by Crippen LogP contribution is 2.05. The number of halogens is 1. The second-order valence-corrected chi connectivity index (χ2v) is 2.65. The van der Waals surface area contributed by atoms with Gasteiger partial charge in [-0.25, -0.2) is 4.39 Å². The van der Waals surface area contributed by atoms with E-state index < -0.39 is 6.10 Å². The Morgan fingerprint density at radius 2 is 2.25 bits per heavy atom. The standard InChI is InChI=1S/C10H11FO/c1-8(12)5-6-9-3-2-4-10(11)7-9/h2-8,12H,1H3/b6-5+. The number of hydrogen-bond donors (Lipinski definition) is 1. The molecule has 0 saturated heterocycles. The fourth-order valence-electron chi connectivity index (χ4n) is 0.861. The Hall–Kier alpha value is -1.15. The van der Waals surface area contributed by atoms with Gasteiger partial charge in [-0.1, -0.05) is 24.3 Å². The summed E-state index contributed by atoms with van der Waals surface area (Å²) in [5.41, 5.74) is 0.760. The Bertz CT molecular complexity index is 279. The highest BCUT2D eigenvalue weighted by atomic mass is 19.1. The average Bonchev–Trinajstić information content (AvgIpc) is 2.01. The number of rotatable bonds is 2. The Morgan fingerprint density at radius 1 is 1.50 bits per heavy atom. The Labute approximate surface area is 71.2 Å². The third-order valence-corrected chi connectivity index (χ3v) is 1.42. The van der Waals surface area contributed by atoms with E-state index in [1.165, 1.54) is 12.1 Å². The van der Waals surface area contributed by atoms with Gasteiger partial charge in [0.1, 0.15) is 5.82 Å². The van der Waals surface area contributed by atoms with Gasteiger partial charge in [-0.3, -0.25) is 0 Å². The molecular formula is C10H11FO. The molecule has 0 fully saturated rings. The van der Waals surface area contributed by atoms with Crippen LogP contribution < -0.4 is 0 Å². The highest BCUT2D eigenvalue weighted by Gasteiger charge is 1.90. The van der Waals surface area contributed by atoms with E-state index in [-0.39, 0.29) is 5.82 Å². The quantitative estimate of drug-likeness (QED) is 0.714. The van der Waals surface area contributed by atoms with Crippen molar-refractivity contribution in [1.29, 1.82) is 0 Å². The van der Waals surface area contributed by atoms with Gasteiger partial charge in [0.15, 0.2) is 0 Å². The van der Waals surface area contributed by atoms with E-state index in [9.17, 15) is 4.39 Å². The monoisotopic (exact) mass is 166 g/mol. The maximum absolute atomic E-state index is 12.6. The summed E-state index contributed by atoms with van der Waals surface area (Å²) < 4.78 is 12.6. The summed E-state index contributed by atoms with van der Waals surface area (Å²) in [6, 6.07) is 6.22. The molecular weight excluding hydrogens is 155 g/mol. The fraction of sp³-hybridized carbons (Fsp3) is 0.200. The normalized spacial score (nSPS) is 13.6. The predicted molar refractivity (Wildman–Crippen MR) is 47.1 cm³/mol. The first-order valence-electron chi connectivity index (χ1n) is 3.80. The summed E-state index contributed by atoms with van der Waals surface area (Å²) in [7, 11) is 0. The zero-order chi connectivity index (χ0) is 8.97. The number of aliphatic hydroxyl groups excluding tert-OH is 1. The molecule has 1 unspecified atom stereocenters. The van der Waals surface area contributed by atoms with E-state index in [1.54, 1.807) is 31.2 Å². The molecule has 0 aliphatic carbocycles. The zero-order valence-electron chi connectivity index (χ0n) is 6.87. The Morgan fingerprint density at radius 3 is 2.83 bits per heavy atom. The molecule has 1 aromatic rings. The third-order valence-electron chi connectivity index (χ3n) is 1.42. The van der Waals surface area contributed by atoms with Crippen LogP contribution in [-0.2, 0) is 0 Å². The molecule has 1 nitrogen and oxygen atoms in total. The lowest BCUT2D eigenvalue weighted by molar-refractivity contribution is 0.245. The van der Waals surface area contributed by atoms with Crippen LogP contribution in [0.4, 0.5) is 4.39 Å². The molecule has 12 heavy (non-hydrogen) atoms. The molecule has 1 rings (SSSR count). The van der Waals surface area contributed by atoms with Gasteiger partial charge in [0.2, 0.25) is 0 Å². The smallest absolute Gasteiger partial charge is 0.123 e. The molecule has 0 bridgehead atoms. The largest absolute Gasteiger partial charge is 0.389 e. The molecule has 0 radical (unpaired) electrons. The van der Waals surface area contributed by atoms with Crippen LogP contribution in [0.1, 0.15) is 12.5 Å². The minimum atomic E-state index is -0.492. The lowest BCUT2D eigenvalue weighted by Crippen LogP contribution is -1.91. The van der Waals surface area contributed by atoms with E-state index in [0.717, 1.165) is 5.56 Å². The van der Waals surface area contributed by atoms with Gasteiger partial charge in [-0.2, -0.15) is 0 Å². The van der Waals surface area contributed by atoms with Gasteiger partial charge < -0.3 is 5.11 Å². The van der Waals surface area contributed by atoms with Crippen molar-refractivity contribution in [3.63, 3.8) is 0 Å². The molecule has 0 aliphatic heterocycles. The Kier molecular flexibility index (Phi) is 3.00. The second-order valence-electron chi connectivity index (χ2n) is 2.65. The van der Waals surface area contributed by atoms with Gasteiger partial charge in [-0.05, 0) is 24.6 Å². The molecule has 0 spiro atoms. The SMILES string of the molecule is CC(O)/C=C/c1cccc(F)c1. The van der Waals surface area contributed by atoms with Crippen LogP contribution in [0, 0.1) is 5.82 Å². The topological polar surface area (TPSA) is 20.2 Å². The maximum atomic E-state index is 12.6. The van der Waals surface area contributed by atoms with Gasteiger partial charge >= 0.3 is 0 Å². The van der Waals surface area contributed by atoms with Gasteiger partial charge in [0, 0.05) is 0 Å². The van der Waals surface area contributed by atoms with E-state index >= 15 is 0 Å². The van der Waals surface area contributed by atoms with Crippen molar-refractivity contribution in [1.82, 2.24) is 0 Å². The summed E-state index contributed by atoms with van der Waals surface area (Å²) in [6.45, 7) is 1.65. The van der Waals surface area contributed by atoms with Crippen LogP contribution in [0.15, 0.2) is 30.3 Å². The minimum Gasteiger partial charge on any atom is -0.389 e. The predicted octanol–water partition coefficient (Wildman–Crippen LogP) is 2.22. The summed E-state index contributed by atoms with van der Waals surface area (Å²) >= 11 is 0. The zero-order valence-corrected chi connectivity index (χ0v) is 6.87. The van der Waals surface area contributed by atoms with E-state index in [1.807, 2.05) is 0 Å². The molecule has 0 amide bonds. The number of benzene rings is 1. The van der Waals surface area contributed by atoms with Gasteiger partial charge in [-0.15, -0.1) is 0 Å². The van der Waals surface area contributed by atoms with E-state index in [2.05, 4.69) is 0 Å². The lowest BCUT2D eigenvalue weighted by atomic mass is 10.2. The van der Waals surface area contributed by atoms with Crippen molar-refractivity contribution in [2.24, 2.45) is 0 Å². The van der Waals surface area contributed by atoms with Crippen LogP contribution in [0.5, 0.6) is 0 Å². The van der Waals surface area contributed by atoms with Crippen molar-refractivity contribution >= 4 is 6.08 Å². The number of hydrogen-bond acceptors (Lipinski definition) is 1. The van der Waals surface area contributed by atoms with Crippen LogP contribution in [0.3, 0.4) is 0 Å². The first-order valence-corrected chi connectivity index (χ1v) is 3.80. The van der Waals surface area contributed by atoms with E-state index in [0.29, 0.717) is 0 Å². The first-order chi connectivity index (χ1) is 5.68. The van der Waals surface area contributed by atoms with Crippen molar-refractivity contribution in [2.45, 2.75) is 13.0 Å². The van der Waals surface area contributed by atoms with Crippen molar-refractivity contribution in [2.75, 3.05) is 0 Å². The average molecular weight is 166 g/mol. The molecule has 64 valence electrons. The molecule has 1 N–H and O–H groups in total. The molecule has 0 heterocycles. The molecule has 0 saturated carbocycles. The Balaban J connectivity index is 2.76. The highest BCUT2D eigenvalue weighted by molar-refractivity contribution is 5.49. The second kappa shape index (κ2) is 4.02. The summed E-state index contributed by atoms with van der Waals surface area (Å²) in [6.07, 6.45) is 2.80. The molecule has 0 aromatic heterocycles. The van der Waals surface area contributed by atoms with Gasteiger partial charge in [0.25, 0.3) is 0 Å². The molecule has 0 aliphatic rings. The molecule has 1 aromatic carbocycles. The van der Waals surface area contributed by atoms with Crippen LogP contribution in [0.25, 0.3) is 6.08 Å². The maximum Gasteiger partial charge on any atom is 0.123 e. The summed E-state index contributed by atoms with van der Waals surface area (Å²) in [4.78, 5) is 0. The fourth-order valence-corrected chi connectivity index (χ4v) is 0.861. The first kappa shape index (κ1) is 8.94. The van der Waals surface area contributed by atoms with Crippen LogP contribution in [0.2, 0.25) is 0 Å². The van der Waals surface area contributed by atoms with Crippen LogP contribution >= 0.6 is 0 Å². The van der Waals surface area contributed by atoms with Crippen molar-refractivity contribution < 1.29 is 9.50 Å². The van der Waals surface area contributed by atoms with Crippen molar-refractivity contribution in [3.05, 3.63) is 41.7 Å². The number of aliphatic hydroxyl groups is 1. The molecule has 1 atom stereocenters. The summed E-state index contributed by atoms with van der Waals surface area (Å²) in [5.74, 6) is -0.261. The van der Waals surface area contributed by atoms with Crippen LogP contribution in [-0.4, -0.2) is 11.2 Å². The minimum absolute atomic E-state index is 0.261. The lowest BCUT2D eigenvalue weighted by Gasteiger charge is -1.95. The van der Waals surface area contributed by atoms with Crippen molar-refractivity contribution in [3.8, 4) is 0 Å². The third kappa shape index (κ3) is 2.84. The summed E-state index contributed by atoms with van der Waals surface area (Å²) in [5, 5.41) is 8.90. The van der Waals surface area contributed by atoms with Gasteiger partial charge in [0.05, 0.1) is 6.10 Å². The van der Waals surface area contributed by atoms with E-state index in [4.69, 9.17) is 5.11 Å².